The maximum atomic E-state index is 12.3. The molecule has 2 saturated heterocycles. The molecule has 45 heavy (non-hydrogen) atoms. The van der Waals surface area contributed by atoms with E-state index in [4.69, 9.17) is 23.7 Å². The summed E-state index contributed by atoms with van der Waals surface area (Å²) in [5.41, 5.74) is 0.652. The van der Waals surface area contributed by atoms with Crippen molar-refractivity contribution in [1.82, 2.24) is 16.0 Å². The van der Waals surface area contributed by atoms with Crippen LogP contribution in [0.5, 0.6) is 0 Å². The Bertz CT molecular complexity index is 1140. The largest absolute Gasteiger partial charge is 0.480 e. The van der Waals surface area contributed by atoms with Crippen LogP contribution >= 0.6 is 0 Å². The van der Waals surface area contributed by atoms with Crippen molar-refractivity contribution in [1.29, 1.82) is 0 Å². The number of benzene rings is 1. The van der Waals surface area contributed by atoms with Gasteiger partial charge in [-0.15, -0.1) is 0 Å². The van der Waals surface area contributed by atoms with Gasteiger partial charge in [-0.25, -0.2) is 9.59 Å². The standard InChI is InChI=1S/C27H39N3O15/c1-12(33)28-18-22(37)20(35)16(8-31)44-26(18)45-23-19(29-13(2)34)25(43-17(9-32)21(23)36)41-11-15(24(38)39)30-27(40)42-10-14-6-4-3-5-7-14/h3-7,15-23,25-26,31-32,35-37H,8-11H2,1-2H3,(H,28,33)(H,29,34)(H,30,40)(H,38,39)/t15-,16+,17+,18+,19+,20+,21+,22+,23+,25+,26-/m0/s1. The molecule has 2 aliphatic rings. The number of nitrogens with one attached hydrogen (secondary N) is 3. The Morgan fingerprint density at radius 2 is 1.42 bits per heavy atom. The average Bonchev–Trinajstić information content (AvgIpc) is 3.00. The molecule has 11 atom stereocenters. The summed E-state index contributed by atoms with van der Waals surface area (Å²) in [5, 5.41) is 68.1. The number of carboxylic acid groups (broad SMARTS) is 1. The third-order valence-corrected chi connectivity index (χ3v) is 7.00. The van der Waals surface area contributed by atoms with Crippen molar-refractivity contribution in [3.63, 3.8) is 0 Å². The van der Waals surface area contributed by atoms with Gasteiger partial charge in [-0.05, 0) is 5.56 Å². The number of hydrogen-bond donors (Lipinski definition) is 9. The summed E-state index contributed by atoms with van der Waals surface area (Å²) >= 11 is 0. The van der Waals surface area contributed by atoms with Gasteiger partial charge >= 0.3 is 12.1 Å². The van der Waals surface area contributed by atoms with Crippen molar-refractivity contribution in [2.24, 2.45) is 0 Å². The molecule has 2 heterocycles. The molecular weight excluding hydrogens is 606 g/mol. The molecule has 252 valence electrons. The number of aliphatic hydroxyl groups excluding tert-OH is 5. The molecule has 3 amide bonds. The molecule has 1 aromatic carbocycles. The maximum absolute atomic E-state index is 12.3. The minimum absolute atomic E-state index is 0.142. The summed E-state index contributed by atoms with van der Waals surface area (Å²) in [6.45, 7) is -0.226. The summed E-state index contributed by atoms with van der Waals surface area (Å²) in [6, 6.07) is 4.07. The van der Waals surface area contributed by atoms with Gasteiger partial charge in [0.1, 0.15) is 55.3 Å². The molecule has 2 fully saturated rings. The molecule has 0 aliphatic carbocycles. The third kappa shape index (κ3) is 9.76. The monoisotopic (exact) mass is 645 g/mol. The van der Waals surface area contributed by atoms with Crippen molar-refractivity contribution in [2.45, 2.75) is 87.8 Å². The molecule has 0 unspecified atom stereocenters. The molecular formula is C27H39N3O15. The van der Waals surface area contributed by atoms with Crippen LogP contribution in [0.3, 0.4) is 0 Å². The Balaban J connectivity index is 1.79. The summed E-state index contributed by atoms with van der Waals surface area (Å²) in [5.74, 6) is -2.84. The van der Waals surface area contributed by atoms with Gasteiger partial charge in [0.25, 0.3) is 0 Å². The van der Waals surface area contributed by atoms with E-state index in [0.717, 1.165) is 13.8 Å². The smallest absolute Gasteiger partial charge is 0.408 e. The SMILES string of the molecule is CC(=O)N[C@H]1[C@H](O[C@H]2[C@H](O)[C@@H](CO)O[C@@H](OC[C@H](NC(=O)OCc3ccccc3)C(=O)O)[C@@H]2NC(C)=O)O[C@H](CO)[C@@H](O)[C@@H]1O. The van der Waals surface area contributed by atoms with Gasteiger partial charge in [-0.2, -0.15) is 0 Å². The summed E-state index contributed by atoms with van der Waals surface area (Å²) in [6.07, 6.45) is -13.7. The highest BCUT2D eigenvalue weighted by atomic mass is 16.7. The zero-order valence-corrected chi connectivity index (χ0v) is 24.4. The average molecular weight is 646 g/mol. The minimum atomic E-state index is -1.70. The zero-order chi connectivity index (χ0) is 33.3. The number of carbonyl (C=O) groups is 4. The van der Waals surface area contributed by atoms with Crippen LogP contribution in [0.2, 0.25) is 0 Å². The summed E-state index contributed by atoms with van der Waals surface area (Å²) < 4.78 is 27.8. The fourth-order valence-electron chi connectivity index (χ4n) is 4.77. The van der Waals surface area contributed by atoms with Crippen LogP contribution in [0.25, 0.3) is 0 Å². The Hall–Kier alpha value is -3.46. The Kier molecular flexibility index (Phi) is 13.4. The number of ether oxygens (including phenoxy) is 5. The van der Waals surface area contributed by atoms with Crippen LogP contribution in [0, 0.1) is 0 Å². The minimum Gasteiger partial charge on any atom is -0.480 e. The van der Waals surface area contributed by atoms with Gasteiger partial charge in [0.05, 0.1) is 19.8 Å². The highest BCUT2D eigenvalue weighted by Gasteiger charge is 2.52. The highest BCUT2D eigenvalue weighted by Crippen LogP contribution is 2.30. The Morgan fingerprint density at radius 1 is 0.844 bits per heavy atom. The number of hydrogen-bond acceptors (Lipinski definition) is 14. The molecule has 1 aromatic rings. The fourth-order valence-corrected chi connectivity index (χ4v) is 4.77. The van der Waals surface area contributed by atoms with Crippen molar-refractivity contribution < 1.29 is 73.5 Å². The van der Waals surface area contributed by atoms with E-state index in [-0.39, 0.29) is 6.61 Å². The Labute approximate surface area is 257 Å². The zero-order valence-electron chi connectivity index (χ0n) is 24.4. The molecule has 0 bridgehead atoms. The topological polar surface area (TPSA) is 272 Å². The molecule has 0 spiro atoms. The second-order valence-corrected chi connectivity index (χ2v) is 10.4. The van der Waals surface area contributed by atoms with E-state index < -0.39 is 111 Å². The van der Waals surface area contributed by atoms with Crippen molar-refractivity contribution >= 4 is 23.9 Å². The van der Waals surface area contributed by atoms with E-state index in [1.54, 1.807) is 30.3 Å². The van der Waals surface area contributed by atoms with E-state index in [2.05, 4.69) is 16.0 Å². The first-order valence-electron chi connectivity index (χ1n) is 13.9. The third-order valence-electron chi connectivity index (χ3n) is 7.00. The van der Waals surface area contributed by atoms with Gasteiger partial charge in [-0.1, -0.05) is 30.3 Å². The van der Waals surface area contributed by atoms with Crippen molar-refractivity contribution in [3.05, 3.63) is 35.9 Å². The van der Waals surface area contributed by atoms with E-state index >= 15 is 0 Å². The maximum Gasteiger partial charge on any atom is 0.408 e. The fraction of sp³-hybridized carbons (Fsp3) is 0.630. The Morgan fingerprint density at radius 3 is 2.00 bits per heavy atom. The van der Waals surface area contributed by atoms with Crippen LogP contribution in [0.15, 0.2) is 30.3 Å². The molecule has 3 rings (SSSR count). The number of rotatable bonds is 13. The van der Waals surface area contributed by atoms with E-state index in [9.17, 15) is 49.8 Å². The molecule has 2 aliphatic heterocycles. The second-order valence-electron chi connectivity index (χ2n) is 10.4. The molecule has 0 saturated carbocycles. The van der Waals surface area contributed by atoms with E-state index in [1.165, 1.54) is 0 Å². The summed E-state index contributed by atoms with van der Waals surface area (Å²) in [4.78, 5) is 48.2. The van der Waals surface area contributed by atoms with Crippen LogP contribution in [0.1, 0.15) is 19.4 Å². The number of carbonyl (C=O) groups excluding carboxylic acids is 3. The number of carboxylic acids is 1. The number of alkyl carbamates (subject to hydrolysis) is 1. The van der Waals surface area contributed by atoms with Gasteiger partial charge in [0.2, 0.25) is 11.8 Å². The normalized spacial score (nSPS) is 32.2. The quantitative estimate of drug-likeness (QED) is 0.0998. The van der Waals surface area contributed by atoms with Crippen LogP contribution < -0.4 is 16.0 Å². The molecule has 0 radical (unpaired) electrons. The first kappa shape index (κ1) is 36.0. The molecule has 18 heteroatoms. The first-order chi connectivity index (χ1) is 21.4. The summed E-state index contributed by atoms with van der Waals surface area (Å²) in [7, 11) is 0. The van der Waals surface area contributed by atoms with Crippen LogP contribution in [-0.4, -0.2) is 142 Å². The lowest BCUT2D eigenvalue weighted by molar-refractivity contribution is -0.328. The molecule has 18 nitrogen and oxygen atoms in total. The number of aliphatic hydroxyl groups is 5. The predicted molar refractivity (Wildman–Crippen MR) is 147 cm³/mol. The van der Waals surface area contributed by atoms with Crippen LogP contribution in [-0.2, 0) is 44.7 Å². The number of aliphatic carboxylic acids is 1. The lowest BCUT2D eigenvalue weighted by Gasteiger charge is -2.48. The predicted octanol–water partition coefficient (Wildman–Crippen LogP) is -3.71. The van der Waals surface area contributed by atoms with Gasteiger partial charge < -0.3 is 70.3 Å². The van der Waals surface area contributed by atoms with Gasteiger partial charge in [0.15, 0.2) is 18.6 Å². The van der Waals surface area contributed by atoms with Crippen LogP contribution in [0.4, 0.5) is 4.79 Å². The molecule has 0 aromatic heterocycles. The number of amides is 3. The van der Waals surface area contributed by atoms with E-state index in [0.29, 0.717) is 5.56 Å². The lowest BCUT2D eigenvalue weighted by atomic mass is 9.94. The van der Waals surface area contributed by atoms with Crippen molar-refractivity contribution in [2.75, 3.05) is 19.8 Å². The first-order valence-corrected chi connectivity index (χ1v) is 13.9. The lowest BCUT2D eigenvalue weighted by Crippen LogP contribution is -2.70. The van der Waals surface area contributed by atoms with Gasteiger partial charge in [-0.3, -0.25) is 9.59 Å². The van der Waals surface area contributed by atoms with Gasteiger partial charge in [0, 0.05) is 13.8 Å². The van der Waals surface area contributed by atoms with Crippen molar-refractivity contribution in [3.8, 4) is 0 Å². The molecule has 9 N–H and O–H groups in total. The highest BCUT2D eigenvalue weighted by molar-refractivity contribution is 5.80. The second kappa shape index (κ2) is 16.7. The van der Waals surface area contributed by atoms with E-state index in [1.807, 2.05) is 0 Å².